The zero-order chi connectivity index (χ0) is 14.6. The van der Waals surface area contributed by atoms with Gasteiger partial charge in [-0.1, -0.05) is 11.1 Å². The minimum absolute atomic E-state index is 0.00875. The number of allylic oxidation sites excluding steroid dienone is 2. The Balaban J connectivity index is 3.36. The van der Waals surface area contributed by atoms with Gasteiger partial charge in [0.25, 0.3) is 0 Å². The Kier molecular flexibility index (Phi) is 5.33. The zero-order valence-corrected chi connectivity index (χ0v) is 11.5. The summed E-state index contributed by atoms with van der Waals surface area (Å²) < 4.78 is 4.72. The van der Waals surface area contributed by atoms with E-state index in [1.807, 2.05) is 25.7 Å². The summed E-state index contributed by atoms with van der Waals surface area (Å²) in [6.45, 7) is 5.03. The fraction of sp³-hybridized carbons (Fsp3) is 0.267. The van der Waals surface area contributed by atoms with Gasteiger partial charge in [0.1, 0.15) is 0 Å². The molecule has 5 radical (unpaired) electrons. The molecular weight excluding hydrogens is 244 g/mol. The van der Waals surface area contributed by atoms with Crippen molar-refractivity contribution in [1.82, 2.24) is 0 Å². The number of aliphatic carboxylic acids is 1. The van der Waals surface area contributed by atoms with Crippen LogP contribution in [0.3, 0.4) is 0 Å². The van der Waals surface area contributed by atoms with Crippen LogP contribution in [0.25, 0.3) is 0 Å². The second-order valence-corrected chi connectivity index (χ2v) is 4.35. The van der Waals surface area contributed by atoms with Gasteiger partial charge in [-0.15, -0.1) is 0 Å². The highest BCUT2D eigenvalue weighted by Crippen LogP contribution is 2.34. The molecule has 19 heavy (non-hydrogen) atoms. The molecule has 1 aliphatic rings. The summed E-state index contributed by atoms with van der Waals surface area (Å²) in [6, 6.07) is 0. The van der Waals surface area contributed by atoms with Crippen molar-refractivity contribution in [2.75, 3.05) is 7.11 Å². The fourth-order valence-electron chi connectivity index (χ4n) is 1.88. The second kappa shape index (κ2) is 6.55. The van der Waals surface area contributed by atoms with Crippen LogP contribution in [0.4, 0.5) is 0 Å². The van der Waals surface area contributed by atoms with Crippen LogP contribution in [0.15, 0.2) is 22.3 Å². The van der Waals surface area contributed by atoms with Gasteiger partial charge in [0.05, 0.1) is 18.3 Å². The molecule has 0 aromatic carbocycles. The van der Waals surface area contributed by atoms with Crippen molar-refractivity contribution in [3.05, 3.63) is 53.9 Å². The maximum atomic E-state index is 11.9. The molecule has 0 unspecified atom stereocenters. The second-order valence-electron chi connectivity index (χ2n) is 4.35. The van der Waals surface area contributed by atoms with Crippen molar-refractivity contribution < 1.29 is 19.4 Å². The van der Waals surface area contributed by atoms with E-state index in [0.717, 1.165) is 5.92 Å². The zero-order valence-electron chi connectivity index (χ0n) is 11.5. The molecule has 0 heterocycles. The predicted molar refractivity (Wildman–Crippen MR) is 71.2 cm³/mol. The third kappa shape index (κ3) is 3.46. The van der Waals surface area contributed by atoms with Gasteiger partial charge in [-0.05, 0) is 46.5 Å². The Labute approximate surface area is 114 Å². The quantitative estimate of drug-likeness (QED) is 0.479. The molecule has 0 aromatic heterocycles. The largest absolute Gasteiger partial charge is 0.478 e. The number of rotatable bonds is 4. The van der Waals surface area contributed by atoms with Crippen LogP contribution < -0.4 is 0 Å². The molecule has 1 rings (SSSR count). The van der Waals surface area contributed by atoms with E-state index in [9.17, 15) is 14.7 Å². The fourth-order valence-corrected chi connectivity index (χ4v) is 1.88. The van der Waals surface area contributed by atoms with Crippen LogP contribution >= 0.6 is 0 Å². The highest BCUT2D eigenvalue weighted by Gasteiger charge is 2.29. The highest BCUT2D eigenvalue weighted by molar-refractivity contribution is 6.07. The SMILES string of the molecule is COC(=O)/C(C(C(=O)O)=C(C)C)=C(\C)[C]1[CH][CH][CH][CH]1. The first-order chi connectivity index (χ1) is 8.90. The molecule has 101 valence electrons. The number of carbonyl (C=O) groups excluding carboxylic acids is 1. The first kappa shape index (κ1) is 15.5. The molecule has 0 atom stereocenters. The molecule has 0 amide bonds. The number of esters is 1. The number of carboxylic acid groups (broad SMARTS) is 1. The Morgan fingerprint density at radius 2 is 1.58 bits per heavy atom. The van der Waals surface area contributed by atoms with Crippen molar-refractivity contribution in [2.45, 2.75) is 20.8 Å². The molecule has 0 saturated heterocycles. The number of ether oxygens (including phenoxy) is 1. The van der Waals surface area contributed by atoms with E-state index >= 15 is 0 Å². The first-order valence-corrected chi connectivity index (χ1v) is 5.82. The van der Waals surface area contributed by atoms with Gasteiger partial charge in [-0.25, -0.2) is 9.59 Å². The molecule has 1 fully saturated rings. The minimum Gasteiger partial charge on any atom is -0.478 e. The molecule has 1 saturated carbocycles. The van der Waals surface area contributed by atoms with Gasteiger partial charge in [0.15, 0.2) is 0 Å². The smallest absolute Gasteiger partial charge is 0.338 e. The van der Waals surface area contributed by atoms with Crippen LogP contribution in [-0.2, 0) is 14.3 Å². The Morgan fingerprint density at radius 3 is 1.95 bits per heavy atom. The lowest BCUT2D eigenvalue weighted by atomic mass is 9.89. The van der Waals surface area contributed by atoms with E-state index in [1.54, 1.807) is 20.8 Å². The summed E-state index contributed by atoms with van der Waals surface area (Å²) in [5.74, 6) is -0.969. The molecule has 4 nitrogen and oxygen atoms in total. The molecule has 0 aromatic rings. The molecule has 0 spiro atoms. The van der Waals surface area contributed by atoms with E-state index < -0.39 is 11.9 Å². The van der Waals surface area contributed by atoms with Crippen LogP contribution in [0.1, 0.15) is 20.8 Å². The molecule has 1 aliphatic carbocycles. The normalized spacial score (nSPS) is 16.8. The third-order valence-corrected chi connectivity index (χ3v) is 2.82. The standard InChI is InChI=1S/C15H17O4/c1-9(2)12(14(16)17)13(15(18)19-4)10(3)11-7-5-6-8-11/h5-8H,1-4H3,(H,16,17)/b13-10+. The average Bonchev–Trinajstić information content (AvgIpc) is 2.86. The van der Waals surface area contributed by atoms with Gasteiger partial charge < -0.3 is 9.84 Å². The van der Waals surface area contributed by atoms with E-state index in [2.05, 4.69) is 0 Å². The molecule has 4 heteroatoms. The number of hydrogen-bond donors (Lipinski definition) is 1. The van der Waals surface area contributed by atoms with Crippen molar-refractivity contribution in [2.24, 2.45) is 0 Å². The number of hydrogen-bond acceptors (Lipinski definition) is 3. The van der Waals surface area contributed by atoms with Crippen molar-refractivity contribution in [1.29, 1.82) is 0 Å². The summed E-state index contributed by atoms with van der Waals surface area (Å²) in [4.78, 5) is 23.3. The van der Waals surface area contributed by atoms with Crippen molar-refractivity contribution in [3.63, 3.8) is 0 Å². The van der Waals surface area contributed by atoms with Crippen LogP contribution in [0, 0.1) is 31.6 Å². The van der Waals surface area contributed by atoms with E-state index in [-0.39, 0.29) is 11.1 Å². The van der Waals surface area contributed by atoms with Crippen LogP contribution in [0.2, 0.25) is 0 Å². The molecular formula is C15H17O4. The topological polar surface area (TPSA) is 63.6 Å². The lowest BCUT2D eigenvalue weighted by molar-refractivity contribution is -0.138. The van der Waals surface area contributed by atoms with Crippen molar-refractivity contribution in [3.8, 4) is 0 Å². The molecule has 1 N–H and O–H groups in total. The number of carbonyl (C=O) groups is 2. The minimum atomic E-state index is -1.13. The summed E-state index contributed by atoms with van der Waals surface area (Å²) in [5, 5.41) is 9.31. The van der Waals surface area contributed by atoms with Crippen LogP contribution in [0.5, 0.6) is 0 Å². The third-order valence-electron chi connectivity index (χ3n) is 2.82. The summed E-state index contributed by atoms with van der Waals surface area (Å²) >= 11 is 0. The molecule has 0 aliphatic heterocycles. The lowest BCUT2D eigenvalue weighted by Gasteiger charge is -2.16. The number of carboxylic acids is 1. The van der Waals surface area contributed by atoms with Gasteiger partial charge >= 0.3 is 11.9 Å². The van der Waals surface area contributed by atoms with Gasteiger partial charge in [-0.2, -0.15) is 0 Å². The first-order valence-electron chi connectivity index (χ1n) is 5.82. The highest BCUT2D eigenvalue weighted by atomic mass is 16.5. The van der Waals surface area contributed by atoms with Gasteiger partial charge in [0.2, 0.25) is 0 Å². The summed E-state index contributed by atoms with van der Waals surface area (Å²) in [6.07, 6.45) is 7.30. The summed E-state index contributed by atoms with van der Waals surface area (Å²) in [7, 11) is 1.24. The molecule has 0 bridgehead atoms. The summed E-state index contributed by atoms with van der Waals surface area (Å²) in [5.41, 5.74) is 1.24. The lowest BCUT2D eigenvalue weighted by Crippen LogP contribution is -2.18. The Bertz CT molecular complexity index is 433. The maximum Gasteiger partial charge on any atom is 0.338 e. The Morgan fingerprint density at radius 1 is 1.05 bits per heavy atom. The Hall–Kier alpha value is -1.58. The average molecular weight is 261 g/mol. The van der Waals surface area contributed by atoms with Gasteiger partial charge in [-0.3, -0.25) is 0 Å². The van der Waals surface area contributed by atoms with Gasteiger partial charge in [0, 0.05) is 5.92 Å². The van der Waals surface area contributed by atoms with Crippen LogP contribution in [-0.4, -0.2) is 24.2 Å². The maximum absolute atomic E-state index is 11.9. The number of methoxy groups -OCH3 is 1. The predicted octanol–water partition coefficient (Wildman–Crippen LogP) is 2.30. The van der Waals surface area contributed by atoms with E-state index in [4.69, 9.17) is 4.74 Å². The van der Waals surface area contributed by atoms with E-state index in [1.165, 1.54) is 7.11 Å². The van der Waals surface area contributed by atoms with Crippen molar-refractivity contribution >= 4 is 11.9 Å². The van der Waals surface area contributed by atoms with E-state index in [0.29, 0.717) is 11.1 Å². The monoisotopic (exact) mass is 261 g/mol.